The topological polar surface area (TPSA) is 58.6 Å². The number of rotatable bonds is 5. The number of carbonyl (C=O) groups is 2. The van der Waals surface area contributed by atoms with Crippen LogP contribution >= 0.6 is 0 Å². The maximum atomic E-state index is 12.5. The number of amides is 2. The van der Waals surface area contributed by atoms with Gasteiger partial charge in [0.1, 0.15) is 5.75 Å². The molecule has 1 aliphatic rings. The van der Waals surface area contributed by atoms with Gasteiger partial charge in [-0.2, -0.15) is 0 Å². The van der Waals surface area contributed by atoms with Gasteiger partial charge in [0.05, 0.1) is 13.0 Å². The Balaban J connectivity index is 1.64. The summed E-state index contributed by atoms with van der Waals surface area (Å²) in [5.41, 5.74) is 2.77. The molecule has 0 radical (unpaired) electrons. The minimum atomic E-state index is -0.352. The molecule has 1 aliphatic heterocycles. The number of hydrogen-bond acceptors (Lipinski definition) is 3. The molecule has 3 rings (SSSR count). The summed E-state index contributed by atoms with van der Waals surface area (Å²) in [5.74, 6) is 0.677. The SMILES string of the molecule is COc1ccc(N2C[C@H](C(=O)Nc3ccc(C(C)C)cc3)CC2=O)cc1. The lowest BCUT2D eigenvalue weighted by molar-refractivity contribution is -0.122. The molecule has 1 atom stereocenters. The summed E-state index contributed by atoms with van der Waals surface area (Å²) in [6.45, 7) is 4.65. The number of ether oxygens (including phenoxy) is 1. The zero-order valence-corrected chi connectivity index (χ0v) is 15.4. The van der Waals surface area contributed by atoms with Crippen molar-refractivity contribution < 1.29 is 14.3 Å². The van der Waals surface area contributed by atoms with E-state index in [0.717, 1.165) is 17.1 Å². The summed E-state index contributed by atoms with van der Waals surface area (Å²) < 4.78 is 5.14. The molecule has 26 heavy (non-hydrogen) atoms. The molecule has 0 spiro atoms. The van der Waals surface area contributed by atoms with E-state index < -0.39 is 0 Å². The molecule has 1 heterocycles. The van der Waals surface area contributed by atoms with Crippen LogP contribution in [0.5, 0.6) is 5.75 Å². The molecule has 0 saturated carbocycles. The van der Waals surface area contributed by atoms with Crippen molar-refractivity contribution in [3.63, 3.8) is 0 Å². The van der Waals surface area contributed by atoms with Crippen molar-refractivity contribution >= 4 is 23.2 Å². The molecule has 0 aromatic heterocycles. The van der Waals surface area contributed by atoms with Gasteiger partial charge >= 0.3 is 0 Å². The van der Waals surface area contributed by atoms with E-state index in [2.05, 4.69) is 19.2 Å². The van der Waals surface area contributed by atoms with Crippen molar-refractivity contribution in [1.29, 1.82) is 0 Å². The molecule has 5 nitrogen and oxygen atoms in total. The minimum absolute atomic E-state index is 0.0366. The van der Waals surface area contributed by atoms with E-state index in [9.17, 15) is 9.59 Å². The first-order valence-corrected chi connectivity index (χ1v) is 8.83. The zero-order chi connectivity index (χ0) is 18.7. The van der Waals surface area contributed by atoms with Crippen molar-refractivity contribution in [2.24, 2.45) is 5.92 Å². The molecule has 2 aromatic rings. The maximum absolute atomic E-state index is 12.5. The molecule has 136 valence electrons. The lowest BCUT2D eigenvalue weighted by Crippen LogP contribution is -2.28. The van der Waals surface area contributed by atoms with E-state index in [1.54, 1.807) is 12.0 Å². The van der Waals surface area contributed by atoms with Gasteiger partial charge in [-0.15, -0.1) is 0 Å². The van der Waals surface area contributed by atoms with Crippen molar-refractivity contribution in [1.82, 2.24) is 0 Å². The summed E-state index contributed by atoms with van der Waals surface area (Å²) in [5, 5.41) is 2.92. The Bertz CT molecular complexity index is 782. The van der Waals surface area contributed by atoms with Gasteiger partial charge in [0.15, 0.2) is 0 Å². The number of anilines is 2. The number of nitrogens with zero attached hydrogens (tertiary/aromatic N) is 1. The molecule has 1 N–H and O–H groups in total. The van der Waals surface area contributed by atoms with Gasteiger partial charge in [-0.05, 0) is 47.9 Å². The third kappa shape index (κ3) is 3.87. The van der Waals surface area contributed by atoms with Crippen molar-refractivity contribution in [2.45, 2.75) is 26.2 Å². The fourth-order valence-corrected chi connectivity index (χ4v) is 3.09. The zero-order valence-electron chi connectivity index (χ0n) is 15.4. The molecule has 0 unspecified atom stereocenters. The van der Waals surface area contributed by atoms with Crippen LogP contribution in [0, 0.1) is 5.92 Å². The average molecular weight is 352 g/mol. The first-order chi connectivity index (χ1) is 12.5. The van der Waals surface area contributed by atoms with Crippen LogP contribution in [0.15, 0.2) is 48.5 Å². The van der Waals surface area contributed by atoms with Crippen LogP contribution in [-0.2, 0) is 9.59 Å². The summed E-state index contributed by atoms with van der Waals surface area (Å²) >= 11 is 0. The first-order valence-electron chi connectivity index (χ1n) is 8.83. The van der Waals surface area contributed by atoms with E-state index >= 15 is 0 Å². The van der Waals surface area contributed by atoms with Crippen LogP contribution < -0.4 is 15.0 Å². The number of methoxy groups -OCH3 is 1. The smallest absolute Gasteiger partial charge is 0.229 e. The quantitative estimate of drug-likeness (QED) is 0.890. The molecule has 5 heteroatoms. The molecule has 0 bridgehead atoms. The summed E-state index contributed by atoms with van der Waals surface area (Å²) in [4.78, 5) is 26.5. The summed E-state index contributed by atoms with van der Waals surface area (Å²) in [7, 11) is 1.60. The average Bonchev–Trinajstić information content (AvgIpc) is 3.04. The van der Waals surface area contributed by atoms with Crippen molar-refractivity contribution in [3.8, 4) is 5.75 Å². The van der Waals surface area contributed by atoms with Gasteiger partial charge < -0.3 is 15.0 Å². The first kappa shape index (κ1) is 18.0. The van der Waals surface area contributed by atoms with E-state index in [0.29, 0.717) is 12.5 Å². The van der Waals surface area contributed by atoms with Crippen LogP contribution in [0.3, 0.4) is 0 Å². The van der Waals surface area contributed by atoms with Crippen LogP contribution in [0.1, 0.15) is 31.7 Å². The van der Waals surface area contributed by atoms with Gasteiger partial charge in [-0.25, -0.2) is 0 Å². The number of benzene rings is 2. The molecule has 1 saturated heterocycles. The van der Waals surface area contributed by atoms with Gasteiger partial charge in [0.2, 0.25) is 11.8 Å². The molecule has 1 fully saturated rings. The highest BCUT2D eigenvalue weighted by atomic mass is 16.5. The Kier molecular flexibility index (Phi) is 5.26. The number of hydrogen-bond donors (Lipinski definition) is 1. The van der Waals surface area contributed by atoms with Gasteiger partial charge in [0, 0.05) is 24.3 Å². The van der Waals surface area contributed by atoms with Crippen molar-refractivity contribution in [2.75, 3.05) is 23.9 Å². The molecule has 0 aliphatic carbocycles. The lowest BCUT2D eigenvalue weighted by Gasteiger charge is -2.17. The Hall–Kier alpha value is -2.82. The van der Waals surface area contributed by atoms with Crippen LogP contribution in [0.4, 0.5) is 11.4 Å². The Morgan fingerprint density at radius 1 is 1.12 bits per heavy atom. The Labute approximate surface area is 154 Å². The highest BCUT2D eigenvalue weighted by Gasteiger charge is 2.35. The van der Waals surface area contributed by atoms with Crippen LogP contribution in [-0.4, -0.2) is 25.5 Å². The second kappa shape index (κ2) is 7.60. The largest absolute Gasteiger partial charge is 0.497 e. The van der Waals surface area contributed by atoms with E-state index in [1.165, 1.54) is 5.56 Å². The number of nitrogens with one attached hydrogen (secondary N) is 1. The Morgan fingerprint density at radius 2 is 1.77 bits per heavy atom. The molecular weight excluding hydrogens is 328 g/mol. The van der Waals surface area contributed by atoms with Crippen molar-refractivity contribution in [3.05, 3.63) is 54.1 Å². The highest BCUT2D eigenvalue weighted by Crippen LogP contribution is 2.27. The summed E-state index contributed by atoms with van der Waals surface area (Å²) in [6.07, 6.45) is 0.224. The van der Waals surface area contributed by atoms with E-state index in [1.807, 2.05) is 48.5 Å². The third-order valence-corrected chi connectivity index (χ3v) is 4.72. The van der Waals surface area contributed by atoms with Gasteiger partial charge in [-0.3, -0.25) is 9.59 Å². The van der Waals surface area contributed by atoms with E-state index in [4.69, 9.17) is 4.74 Å². The maximum Gasteiger partial charge on any atom is 0.229 e. The predicted molar refractivity (Wildman–Crippen MR) is 103 cm³/mol. The van der Waals surface area contributed by atoms with Gasteiger partial charge in [-0.1, -0.05) is 26.0 Å². The number of carbonyl (C=O) groups excluding carboxylic acids is 2. The third-order valence-electron chi connectivity index (χ3n) is 4.72. The van der Waals surface area contributed by atoms with Crippen LogP contribution in [0.25, 0.3) is 0 Å². The van der Waals surface area contributed by atoms with Gasteiger partial charge in [0.25, 0.3) is 0 Å². The molecule has 2 aromatic carbocycles. The lowest BCUT2D eigenvalue weighted by atomic mass is 10.0. The predicted octanol–water partition coefficient (Wildman–Crippen LogP) is 3.81. The fourth-order valence-electron chi connectivity index (χ4n) is 3.09. The second-order valence-corrected chi connectivity index (χ2v) is 6.87. The molecular formula is C21H24N2O3. The van der Waals surface area contributed by atoms with Crippen LogP contribution in [0.2, 0.25) is 0 Å². The second-order valence-electron chi connectivity index (χ2n) is 6.87. The monoisotopic (exact) mass is 352 g/mol. The molecule has 2 amide bonds. The normalized spacial score (nSPS) is 16.8. The minimum Gasteiger partial charge on any atom is -0.497 e. The fraction of sp³-hybridized carbons (Fsp3) is 0.333. The Morgan fingerprint density at radius 3 is 2.35 bits per heavy atom. The van der Waals surface area contributed by atoms with E-state index in [-0.39, 0.29) is 24.2 Å². The standard InChI is InChI=1S/C21H24N2O3/c1-14(2)15-4-6-17(7-5-15)22-21(25)16-12-20(24)23(13-16)18-8-10-19(26-3)11-9-18/h4-11,14,16H,12-13H2,1-3H3,(H,22,25)/t16-/m1/s1. The highest BCUT2D eigenvalue weighted by molar-refractivity contribution is 6.03. The summed E-state index contributed by atoms with van der Waals surface area (Å²) in [6, 6.07) is 15.1.